The van der Waals surface area contributed by atoms with Crippen LogP contribution in [0.2, 0.25) is 0 Å². The highest BCUT2D eigenvalue weighted by Gasteiger charge is 2.20. The molecule has 0 spiro atoms. The molecule has 0 radical (unpaired) electrons. The standard InChI is InChI=1S/C13H18ClNO4/c1-2-19-13(18)9-7-8(3-4-10(9)15)12(17)11(16)5-6-14/h3-4,7,11-12,16-17H,2,5-6,15H2,1H3. The number of esters is 1. The molecule has 0 saturated heterocycles. The Hall–Kier alpha value is -1.30. The van der Waals surface area contributed by atoms with Gasteiger partial charge in [0.2, 0.25) is 0 Å². The molecule has 0 aliphatic rings. The quantitative estimate of drug-likeness (QED) is 0.418. The number of rotatable bonds is 6. The second-order valence-electron chi connectivity index (χ2n) is 4.06. The van der Waals surface area contributed by atoms with Gasteiger partial charge in [0.15, 0.2) is 0 Å². The molecule has 0 aliphatic carbocycles. The van der Waals surface area contributed by atoms with Crippen LogP contribution < -0.4 is 5.73 Å². The lowest BCUT2D eigenvalue weighted by Gasteiger charge is -2.18. The van der Waals surface area contributed by atoms with Gasteiger partial charge in [-0.3, -0.25) is 0 Å². The van der Waals surface area contributed by atoms with E-state index in [1.165, 1.54) is 12.1 Å². The van der Waals surface area contributed by atoms with Gasteiger partial charge in [-0.2, -0.15) is 0 Å². The van der Waals surface area contributed by atoms with E-state index in [-0.39, 0.29) is 30.2 Å². The molecule has 0 amide bonds. The molecule has 2 atom stereocenters. The minimum atomic E-state index is -1.12. The Kier molecular flexibility index (Phi) is 6.08. The van der Waals surface area contributed by atoms with E-state index in [0.29, 0.717) is 5.56 Å². The van der Waals surface area contributed by atoms with Crippen molar-refractivity contribution >= 4 is 23.3 Å². The lowest BCUT2D eigenvalue weighted by molar-refractivity contribution is 0.0169. The highest BCUT2D eigenvalue weighted by Crippen LogP contribution is 2.24. The summed E-state index contributed by atoms with van der Waals surface area (Å²) in [5.74, 6) is -0.321. The van der Waals surface area contributed by atoms with Crippen molar-refractivity contribution in [2.75, 3.05) is 18.2 Å². The summed E-state index contributed by atoms with van der Waals surface area (Å²) in [7, 11) is 0. The molecule has 0 saturated carbocycles. The normalized spacial score (nSPS) is 13.9. The summed E-state index contributed by atoms with van der Waals surface area (Å²) < 4.78 is 4.87. The van der Waals surface area contributed by atoms with Crippen molar-refractivity contribution in [2.45, 2.75) is 25.6 Å². The monoisotopic (exact) mass is 287 g/mol. The van der Waals surface area contributed by atoms with Gasteiger partial charge in [0.25, 0.3) is 0 Å². The smallest absolute Gasteiger partial charge is 0.340 e. The summed E-state index contributed by atoms with van der Waals surface area (Å²) in [6.45, 7) is 1.93. The average Bonchev–Trinajstić information content (AvgIpc) is 2.39. The number of nitrogens with two attached hydrogens (primary N) is 1. The first kappa shape index (κ1) is 15.8. The van der Waals surface area contributed by atoms with Crippen LogP contribution in [0, 0.1) is 0 Å². The van der Waals surface area contributed by atoms with E-state index in [0.717, 1.165) is 0 Å². The Morgan fingerprint density at radius 1 is 1.47 bits per heavy atom. The summed E-state index contributed by atoms with van der Waals surface area (Å²) in [5, 5.41) is 19.6. The Morgan fingerprint density at radius 2 is 2.16 bits per heavy atom. The molecule has 0 heterocycles. The zero-order valence-electron chi connectivity index (χ0n) is 10.7. The van der Waals surface area contributed by atoms with Gasteiger partial charge < -0.3 is 20.7 Å². The zero-order valence-corrected chi connectivity index (χ0v) is 11.4. The fourth-order valence-corrected chi connectivity index (χ4v) is 1.86. The SMILES string of the molecule is CCOC(=O)c1cc(C(O)C(O)CCCl)ccc1N. The zero-order chi connectivity index (χ0) is 14.4. The number of anilines is 1. The van der Waals surface area contributed by atoms with Gasteiger partial charge in [-0.1, -0.05) is 6.07 Å². The van der Waals surface area contributed by atoms with Gasteiger partial charge in [-0.25, -0.2) is 4.79 Å². The summed E-state index contributed by atoms with van der Waals surface area (Å²) in [5.41, 5.74) is 6.53. The van der Waals surface area contributed by atoms with Crippen LogP contribution in [-0.2, 0) is 4.74 Å². The molecule has 106 valence electrons. The molecule has 4 N–H and O–H groups in total. The number of benzene rings is 1. The lowest BCUT2D eigenvalue weighted by Crippen LogP contribution is -2.19. The molecule has 0 fully saturated rings. The molecule has 1 aromatic rings. The average molecular weight is 288 g/mol. The molecule has 5 nitrogen and oxygen atoms in total. The lowest BCUT2D eigenvalue weighted by atomic mass is 9.99. The van der Waals surface area contributed by atoms with Gasteiger partial charge in [-0.05, 0) is 31.0 Å². The molecule has 19 heavy (non-hydrogen) atoms. The van der Waals surface area contributed by atoms with Gasteiger partial charge in [0, 0.05) is 11.6 Å². The molecule has 0 aromatic heterocycles. The van der Waals surface area contributed by atoms with Crippen molar-refractivity contribution in [3.05, 3.63) is 29.3 Å². The topological polar surface area (TPSA) is 92.8 Å². The number of carbonyl (C=O) groups excluding carboxylic acids is 1. The Labute approximate surface area is 116 Å². The highest BCUT2D eigenvalue weighted by molar-refractivity contribution is 6.17. The Bertz CT molecular complexity index is 439. The third-order valence-corrected chi connectivity index (χ3v) is 2.90. The van der Waals surface area contributed by atoms with Crippen LogP contribution in [0.4, 0.5) is 5.69 Å². The fraction of sp³-hybridized carbons (Fsp3) is 0.462. The molecule has 1 aromatic carbocycles. The molecular weight excluding hydrogens is 270 g/mol. The number of hydrogen-bond acceptors (Lipinski definition) is 5. The van der Waals surface area contributed by atoms with E-state index in [1.54, 1.807) is 13.0 Å². The summed E-state index contributed by atoms with van der Waals surface area (Å²) >= 11 is 5.51. The molecule has 0 aliphatic heterocycles. The predicted octanol–water partition coefficient (Wildman–Crippen LogP) is 1.47. The van der Waals surface area contributed by atoms with Gasteiger partial charge in [-0.15, -0.1) is 11.6 Å². The summed E-state index contributed by atoms with van der Waals surface area (Å²) in [6, 6.07) is 4.48. The van der Waals surface area contributed by atoms with E-state index >= 15 is 0 Å². The van der Waals surface area contributed by atoms with Crippen molar-refractivity contribution in [3.63, 3.8) is 0 Å². The third kappa shape index (κ3) is 4.09. The predicted molar refractivity (Wildman–Crippen MR) is 73.1 cm³/mol. The van der Waals surface area contributed by atoms with Crippen LogP contribution >= 0.6 is 11.6 Å². The Balaban J connectivity index is 2.98. The molecule has 0 bridgehead atoms. The van der Waals surface area contributed by atoms with E-state index in [2.05, 4.69) is 0 Å². The minimum absolute atomic E-state index is 0.177. The van der Waals surface area contributed by atoms with Crippen LogP contribution in [0.3, 0.4) is 0 Å². The van der Waals surface area contributed by atoms with E-state index < -0.39 is 18.2 Å². The van der Waals surface area contributed by atoms with Crippen LogP contribution in [0.1, 0.15) is 35.4 Å². The largest absolute Gasteiger partial charge is 0.462 e. The Morgan fingerprint density at radius 3 is 2.74 bits per heavy atom. The number of aliphatic hydroxyl groups is 2. The maximum atomic E-state index is 11.7. The number of hydrogen-bond donors (Lipinski definition) is 3. The molecular formula is C13H18ClNO4. The summed E-state index contributed by atoms with van der Waals surface area (Å²) in [6.07, 6.45) is -1.86. The number of nitrogen functional groups attached to an aromatic ring is 1. The van der Waals surface area contributed by atoms with Crippen molar-refractivity contribution in [1.82, 2.24) is 0 Å². The maximum Gasteiger partial charge on any atom is 0.340 e. The second kappa shape index (κ2) is 7.33. The van der Waals surface area contributed by atoms with Crippen molar-refractivity contribution in [2.24, 2.45) is 0 Å². The number of alkyl halides is 1. The van der Waals surface area contributed by atoms with Crippen molar-refractivity contribution in [1.29, 1.82) is 0 Å². The first-order chi connectivity index (χ1) is 9.01. The van der Waals surface area contributed by atoms with Crippen LogP contribution in [0.25, 0.3) is 0 Å². The number of ether oxygens (including phenoxy) is 1. The fourth-order valence-electron chi connectivity index (χ4n) is 1.64. The van der Waals surface area contributed by atoms with Crippen molar-refractivity contribution in [3.8, 4) is 0 Å². The van der Waals surface area contributed by atoms with Crippen LogP contribution in [0.5, 0.6) is 0 Å². The number of halogens is 1. The first-order valence-electron chi connectivity index (χ1n) is 5.99. The van der Waals surface area contributed by atoms with Gasteiger partial charge in [0.1, 0.15) is 6.10 Å². The van der Waals surface area contributed by atoms with E-state index in [9.17, 15) is 15.0 Å². The van der Waals surface area contributed by atoms with E-state index in [1.807, 2.05) is 0 Å². The first-order valence-corrected chi connectivity index (χ1v) is 6.53. The van der Waals surface area contributed by atoms with Crippen molar-refractivity contribution < 1.29 is 19.7 Å². The molecule has 1 rings (SSSR count). The second-order valence-corrected chi connectivity index (χ2v) is 4.43. The highest BCUT2D eigenvalue weighted by atomic mass is 35.5. The third-order valence-electron chi connectivity index (χ3n) is 2.68. The van der Waals surface area contributed by atoms with Gasteiger partial charge >= 0.3 is 5.97 Å². The number of carbonyl (C=O) groups is 1. The molecule has 2 unspecified atom stereocenters. The van der Waals surface area contributed by atoms with E-state index in [4.69, 9.17) is 22.1 Å². The maximum absolute atomic E-state index is 11.7. The number of aliphatic hydroxyl groups excluding tert-OH is 2. The van der Waals surface area contributed by atoms with Crippen LogP contribution in [-0.4, -0.2) is 34.8 Å². The van der Waals surface area contributed by atoms with Crippen LogP contribution in [0.15, 0.2) is 18.2 Å². The van der Waals surface area contributed by atoms with Gasteiger partial charge in [0.05, 0.1) is 18.3 Å². The summed E-state index contributed by atoms with van der Waals surface area (Å²) in [4.78, 5) is 11.7. The molecule has 6 heteroatoms. The minimum Gasteiger partial charge on any atom is -0.462 e.